The number of ether oxygens (including phenoxy) is 4. The van der Waals surface area contributed by atoms with Crippen molar-refractivity contribution in [2.75, 3.05) is 19.8 Å². The van der Waals surface area contributed by atoms with Crippen LogP contribution in [0.5, 0.6) is 0 Å². The van der Waals surface area contributed by atoms with E-state index in [9.17, 15) is 30.0 Å². The van der Waals surface area contributed by atoms with Gasteiger partial charge in [0.15, 0.2) is 12.4 Å². The number of rotatable bonds is 33. The van der Waals surface area contributed by atoms with Crippen LogP contribution in [-0.4, -0.2) is 89.0 Å². The number of aliphatic hydroxyl groups excluding tert-OH is 4. The highest BCUT2D eigenvalue weighted by Gasteiger charge is 2.44. The molecule has 4 N–H and O–H groups in total. The van der Waals surface area contributed by atoms with Gasteiger partial charge in [-0.25, -0.2) is 0 Å². The predicted octanol–water partition coefficient (Wildman–Crippen LogP) is 8.44. The van der Waals surface area contributed by atoms with E-state index in [2.05, 4.69) is 86.8 Å². The van der Waals surface area contributed by atoms with Gasteiger partial charge >= 0.3 is 11.9 Å². The molecule has 1 aliphatic heterocycles. The zero-order valence-electron chi connectivity index (χ0n) is 33.9. The summed E-state index contributed by atoms with van der Waals surface area (Å²) in [6.45, 7) is 3.14. The smallest absolute Gasteiger partial charge is 0.306 e. The van der Waals surface area contributed by atoms with Crippen LogP contribution in [0.2, 0.25) is 0 Å². The summed E-state index contributed by atoms with van der Waals surface area (Å²) >= 11 is 0. The highest BCUT2D eigenvalue weighted by atomic mass is 16.7. The second-order valence-electron chi connectivity index (χ2n) is 14.0. The van der Waals surface area contributed by atoms with Crippen LogP contribution in [0.3, 0.4) is 0 Å². The Hall–Kier alpha value is -2.86. The van der Waals surface area contributed by atoms with Crippen LogP contribution in [0.25, 0.3) is 0 Å². The molecule has 0 unspecified atom stereocenters. The third-order valence-electron chi connectivity index (χ3n) is 9.09. The van der Waals surface area contributed by atoms with Crippen molar-refractivity contribution in [1.29, 1.82) is 0 Å². The average Bonchev–Trinajstić information content (AvgIpc) is 3.18. The molecule has 1 saturated heterocycles. The summed E-state index contributed by atoms with van der Waals surface area (Å²) in [7, 11) is 0. The molecule has 0 aromatic carbocycles. The number of carbonyl (C=O) groups is 2. The van der Waals surface area contributed by atoms with Crippen LogP contribution in [0.1, 0.15) is 142 Å². The largest absolute Gasteiger partial charge is 0.462 e. The molecule has 0 aromatic heterocycles. The second kappa shape index (κ2) is 35.5. The third kappa shape index (κ3) is 27.4. The van der Waals surface area contributed by atoms with E-state index < -0.39 is 55.4 Å². The van der Waals surface area contributed by atoms with E-state index in [0.29, 0.717) is 12.8 Å². The number of unbranched alkanes of at least 4 members (excludes halogenated alkanes) is 10. The lowest BCUT2D eigenvalue weighted by Gasteiger charge is -2.39. The Kier molecular flexibility index (Phi) is 32.4. The Balaban J connectivity index is 2.39. The number of esters is 2. The number of hydrogen-bond acceptors (Lipinski definition) is 10. The fourth-order valence-electron chi connectivity index (χ4n) is 5.80. The quantitative estimate of drug-likeness (QED) is 0.0291. The van der Waals surface area contributed by atoms with E-state index in [4.69, 9.17) is 18.9 Å². The number of carbonyl (C=O) groups excluding carboxylic acids is 2. The molecule has 0 bridgehead atoms. The van der Waals surface area contributed by atoms with Crippen molar-refractivity contribution in [2.24, 2.45) is 0 Å². The topological polar surface area (TPSA) is 152 Å². The molecule has 10 heteroatoms. The van der Waals surface area contributed by atoms with Crippen molar-refractivity contribution in [3.63, 3.8) is 0 Å². The van der Waals surface area contributed by atoms with Gasteiger partial charge in [0.1, 0.15) is 31.0 Å². The average molecular weight is 775 g/mol. The molecule has 0 aliphatic carbocycles. The van der Waals surface area contributed by atoms with Crippen LogP contribution in [-0.2, 0) is 28.5 Å². The van der Waals surface area contributed by atoms with Crippen molar-refractivity contribution in [3.05, 3.63) is 72.9 Å². The van der Waals surface area contributed by atoms with Gasteiger partial charge in [-0.05, 0) is 77.0 Å². The van der Waals surface area contributed by atoms with Gasteiger partial charge in [0, 0.05) is 12.8 Å². The predicted molar refractivity (Wildman–Crippen MR) is 219 cm³/mol. The Labute approximate surface area is 332 Å². The molecular weight excluding hydrogens is 700 g/mol. The monoisotopic (exact) mass is 775 g/mol. The molecule has 0 saturated carbocycles. The van der Waals surface area contributed by atoms with Gasteiger partial charge in [0.05, 0.1) is 13.2 Å². The standard InChI is InChI=1S/C45H74O10/c1-3-5-7-9-11-13-15-17-19-21-23-25-27-29-31-33-40(47)52-36-38(37-53-45-44(51)43(50)42(49)39(35-46)55-45)54-41(48)34-32-30-28-26-24-22-20-18-16-14-12-10-8-6-4-2/h5-8,11-14,17-20,38-39,42-46,49-51H,3-4,9-10,15-16,21-37H2,1-2H3/t38-,39-,42+,43+,44-,45-/m1/s1. The van der Waals surface area contributed by atoms with Gasteiger partial charge in [-0.1, -0.05) is 125 Å². The minimum Gasteiger partial charge on any atom is -0.462 e. The van der Waals surface area contributed by atoms with Crippen molar-refractivity contribution in [3.8, 4) is 0 Å². The molecule has 0 amide bonds. The van der Waals surface area contributed by atoms with Crippen LogP contribution in [0.15, 0.2) is 72.9 Å². The van der Waals surface area contributed by atoms with Crippen molar-refractivity contribution >= 4 is 11.9 Å². The van der Waals surface area contributed by atoms with Gasteiger partial charge in [-0.15, -0.1) is 0 Å². The van der Waals surface area contributed by atoms with E-state index in [0.717, 1.165) is 103 Å². The van der Waals surface area contributed by atoms with Gasteiger partial charge < -0.3 is 39.4 Å². The summed E-state index contributed by atoms with van der Waals surface area (Å²) in [5, 5.41) is 40.0. The number of aliphatic hydroxyl groups is 4. The van der Waals surface area contributed by atoms with Gasteiger partial charge in [-0.3, -0.25) is 9.59 Å². The Morgan fingerprint density at radius 3 is 1.53 bits per heavy atom. The fourth-order valence-corrected chi connectivity index (χ4v) is 5.80. The van der Waals surface area contributed by atoms with E-state index in [1.54, 1.807) is 0 Å². The molecule has 0 spiro atoms. The first-order valence-electron chi connectivity index (χ1n) is 21.0. The van der Waals surface area contributed by atoms with E-state index >= 15 is 0 Å². The molecule has 1 aliphatic rings. The fraction of sp³-hybridized carbons (Fsp3) is 0.689. The molecule has 55 heavy (non-hydrogen) atoms. The number of hydrogen-bond donors (Lipinski definition) is 4. The number of allylic oxidation sites excluding steroid dienone is 12. The van der Waals surface area contributed by atoms with Gasteiger partial charge in [0.2, 0.25) is 0 Å². The zero-order chi connectivity index (χ0) is 40.2. The van der Waals surface area contributed by atoms with Crippen LogP contribution < -0.4 is 0 Å². The SMILES string of the molecule is CCC=CCC=CCC=CCCCCCCCC(=O)OC[C@H](CO[C@@H]1O[C@H](CO)[C@H](O)[C@H](O)[C@H]1O)OC(=O)CCCCCCCC=CCC=CCC=CCC. The second-order valence-corrected chi connectivity index (χ2v) is 14.0. The highest BCUT2D eigenvalue weighted by molar-refractivity contribution is 5.70. The van der Waals surface area contributed by atoms with Crippen molar-refractivity contribution < 1.29 is 49.0 Å². The summed E-state index contributed by atoms with van der Waals surface area (Å²) in [6.07, 6.45) is 36.2. The Morgan fingerprint density at radius 1 is 0.564 bits per heavy atom. The van der Waals surface area contributed by atoms with Crippen molar-refractivity contribution in [1.82, 2.24) is 0 Å². The molecular formula is C45H74O10. The normalized spacial score (nSPS) is 21.3. The summed E-state index contributed by atoms with van der Waals surface area (Å²) in [4.78, 5) is 25.3. The first kappa shape index (κ1) is 50.2. The van der Waals surface area contributed by atoms with E-state index in [1.165, 1.54) is 0 Å². The molecule has 0 radical (unpaired) electrons. The first-order valence-corrected chi connectivity index (χ1v) is 21.0. The lowest BCUT2D eigenvalue weighted by molar-refractivity contribution is -0.305. The summed E-state index contributed by atoms with van der Waals surface area (Å²) in [6, 6.07) is 0. The van der Waals surface area contributed by atoms with Crippen LogP contribution >= 0.6 is 0 Å². The Morgan fingerprint density at radius 2 is 1.02 bits per heavy atom. The zero-order valence-corrected chi connectivity index (χ0v) is 33.9. The molecule has 6 atom stereocenters. The van der Waals surface area contributed by atoms with E-state index in [1.807, 2.05) is 0 Å². The minimum atomic E-state index is -1.60. The molecule has 1 heterocycles. The first-order chi connectivity index (χ1) is 26.8. The maximum Gasteiger partial charge on any atom is 0.306 e. The summed E-state index contributed by atoms with van der Waals surface area (Å²) < 4.78 is 22.1. The molecule has 0 aromatic rings. The summed E-state index contributed by atoms with van der Waals surface area (Å²) in [5.74, 6) is -0.855. The highest BCUT2D eigenvalue weighted by Crippen LogP contribution is 2.22. The Bertz CT molecular complexity index is 1120. The molecule has 1 fully saturated rings. The van der Waals surface area contributed by atoms with Crippen molar-refractivity contribution in [2.45, 2.75) is 179 Å². The van der Waals surface area contributed by atoms with Gasteiger partial charge in [0.25, 0.3) is 0 Å². The lowest BCUT2D eigenvalue weighted by Crippen LogP contribution is -2.59. The summed E-state index contributed by atoms with van der Waals surface area (Å²) in [5.41, 5.74) is 0. The van der Waals surface area contributed by atoms with Crippen LogP contribution in [0.4, 0.5) is 0 Å². The van der Waals surface area contributed by atoms with E-state index in [-0.39, 0.29) is 26.1 Å². The minimum absolute atomic E-state index is 0.202. The maximum absolute atomic E-state index is 12.7. The lowest BCUT2D eigenvalue weighted by atomic mass is 9.99. The molecule has 314 valence electrons. The van der Waals surface area contributed by atoms with Gasteiger partial charge in [-0.2, -0.15) is 0 Å². The molecule has 1 rings (SSSR count). The molecule has 10 nitrogen and oxygen atoms in total. The maximum atomic E-state index is 12.7. The van der Waals surface area contributed by atoms with Crippen LogP contribution in [0, 0.1) is 0 Å². The third-order valence-corrected chi connectivity index (χ3v) is 9.09.